The second kappa shape index (κ2) is 9.75. The molecule has 0 aliphatic carbocycles. The van der Waals surface area contributed by atoms with Crippen LogP contribution in [-0.2, 0) is 4.74 Å². The number of unbranched alkanes of at least 4 members (excludes halogenated alkanes) is 2. The summed E-state index contributed by atoms with van der Waals surface area (Å²) in [6.07, 6.45) is 3.09. The molecule has 0 spiro atoms. The molecule has 148 valence electrons. The van der Waals surface area contributed by atoms with E-state index in [9.17, 15) is 9.18 Å². The van der Waals surface area contributed by atoms with Gasteiger partial charge < -0.3 is 9.47 Å². The van der Waals surface area contributed by atoms with E-state index in [2.05, 4.69) is 18.8 Å². The second-order valence-electron chi connectivity index (χ2n) is 6.72. The molecule has 0 bridgehead atoms. The molecule has 0 aliphatic rings. The van der Waals surface area contributed by atoms with E-state index in [1.165, 1.54) is 13.2 Å². The van der Waals surface area contributed by atoms with Gasteiger partial charge in [0.2, 0.25) is 0 Å². The zero-order chi connectivity index (χ0) is 20.6. The molecule has 0 fully saturated rings. The molecule has 0 saturated heterocycles. The molecule has 3 aromatic carbocycles. The highest BCUT2D eigenvalue weighted by Gasteiger charge is 2.06. The maximum Gasteiger partial charge on any atom is 0.337 e. The van der Waals surface area contributed by atoms with Crippen LogP contribution in [0, 0.1) is 17.7 Å². The number of halogens is 1. The van der Waals surface area contributed by atoms with Crippen LogP contribution in [0.4, 0.5) is 4.39 Å². The number of rotatable bonds is 6. The third-order valence-corrected chi connectivity index (χ3v) is 4.55. The van der Waals surface area contributed by atoms with Crippen molar-refractivity contribution in [2.24, 2.45) is 0 Å². The maximum absolute atomic E-state index is 14.2. The Bertz CT molecular complexity index is 1080. The molecule has 0 radical (unpaired) electrons. The van der Waals surface area contributed by atoms with Gasteiger partial charge in [-0.2, -0.15) is 0 Å². The summed E-state index contributed by atoms with van der Waals surface area (Å²) >= 11 is 0. The van der Waals surface area contributed by atoms with Crippen molar-refractivity contribution in [2.75, 3.05) is 13.7 Å². The minimum absolute atomic E-state index is 0.263. The smallest absolute Gasteiger partial charge is 0.337 e. The number of hydrogen-bond acceptors (Lipinski definition) is 3. The molecular formula is C25H23FO3. The van der Waals surface area contributed by atoms with Gasteiger partial charge in [0.15, 0.2) is 11.6 Å². The first-order valence-electron chi connectivity index (χ1n) is 9.67. The highest BCUT2D eigenvalue weighted by atomic mass is 19.1. The highest BCUT2D eigenvalue weighted by molar-refractivity contribution is 5.95. The van der Waals surface area contributed by atoms with Gasteiger partial charge >= 0.3 is 5.97 Å². The van der Waals surface area contributed by atoms with Gasteiger partial charge in [-0.15, -0.1) is 0 Å². The lowest BCUT2D eigenvalue weighted by atomic mass is 10.0. The van der Waals surface area contributed by atoms with Gasteiger partial charge in [-0.05, 0) is 59.7 Å². The predicted octanol–water partition coefficient (Wildman–Crippen LogP) is 5.73. The highest BCUT2D eigenvalue weighted by Crippen LogP contribution is 2.20. The second-order valence-corrected chi connectivity index (χ2v) is 6.72. The lowest BCUT2D eigenvalue weighted by molar-refractivity contribution is 0.0601. The largest absolute Gasteiger partial charge is 0.491 e. The average molecular weight is 390 g/mol. The molecule has 0 atom stereocenters. The van der Waals surface area contributed by atoms with Gasteiger partial charge in [-0.25, -0.2) is 9.18 Å². The molecular weight excluding hydrogens is 367 g/mol. The van der Waals surface area contributed by atoms with Crippen molar-refractivity contribution >= 4 is 16.7 Å². The zero-order valence-corrected chi connectivity index (χ0v) is 16.6. The van der Waals surface area contributed by atoms with Crippen LogP contribution in [0.25, 0.3) is 10.8 Å². The standard InChI is InChI=1S/C25H23FO3/c1-3-4-5-14-29-24-13-9-19(16-23(24)26)7-6-18-8-10-21-17-22(25(27)28-2)12-11-20(21)15-18/h8-13,15-17H,3-5,14H2,1-2H3. The van der Waals surface area contributed by atoms with Crippen LogP contribution in [-0.4, -0.2) is 19.7 Å². The summed E-state index contributed by atoms with van der Waals surface area (Å²) in [4.78, 5) is 11.6. The van der Waals surface area contributed by atoms with Gasteiger partial charge in [0.1, 0.15) is 0 Å². The number of fused-ring (bicyclic) bond motifs is 1. The van der Waals surface area contributed by atoms with Crippen LogP contribution >= 0.6 is 0 Å². The van der Waals surface area contributed by atoms with Crippen molar-refractivity contribution in [1.29, 1.82) is 0 Å². The number of carbonyl (C=O) groups excluding carboxylic acids is 1. The van der Waals surface area contributed by atoms with Crippen molar-refractivity contribution in [1.82, 2.24) is 0 Å². The van der Waals surface area contributed by atoms with Gasteiger partial charge in [0.25, 0.3) is 0 Å². The van der Waals surface area contributed by atoms with E-state index in [1.54, 1.807) is 24.3 Å². The first kappa shape index (κ1) is 20.4. The van der Waals surface area contributed by atoms with E-state index in [0.29, 0.717) is 17.7 Å². The Morgan fingerprint density at radius 1 is 0.931 bits per heavy atom. The molecule has 0 aliphatic heterocycles. The normalized spacial score (nSPS) is 10.3. The summed E-state index contributed by atoms with van der Waals surface area (Å²) in [6.45, 7) is 2.63. The van der Waals surface area contributed by atoms with Crippen LogP contribution in [0.15, 0.2) is 54.6 Å². The first-order valence-corrected chi connectivity index (χ1v) is 9.67. The van der Waals surface area contributed by atoms with Crippen LogP contribution in [0.1, 0.15) is 47.7 Å². The Labute approximate surface area is 170 Å². The third-order valence-electron chi connectivity index (χ3n) is 4.55. The summed E-state index contributed by atoms with van der Waals surface area (Å²) in [6, 6.07) is 15.9. The molecule has 3 aromatic rings. The van der Waals surface area contributed by atoms with Crippen LogP contribution in [0.3, 0.4) is 0 Å². The maximum atomic E-state index is 14.2. The Balaban J connectivity index is 1.74. The number of benzene rings is 3. The topological polar surface area (TPSA) is 35.5 Å². The van der Waals surface area contributed by atoms with Gasteiger partial charge in [-0.1, -0.05) is 43.7 Å². The van der Waals surface area contributed by atoms with Gasteiger partial charge in [-0.3, -0.25) is 0 Å². The van der Waals surface area contributed by atoms with E-state index in [0.717, 1.165) is 35.6 Å². The fourth-order valence-corrected chi connectivity index (χ4v) is 2.94. The van der Waals surface area contributed by atoms with Crippen LogP contribution < -0.4 is 4.74 Å². The molecule has 0 amide bonds. The lowest BCUT2D eigenvalue weighted by Gasteiger charge is -2.06. The van der Waals surface area contributed by atoms with Crippen molar-refractivity contribution in [3.63, 3.8) is 0 Å². The van der Waals surface area contributed by atoms with E-state index in [1.807, 2.05) is 24.3 Å². The van der Waals surface area contributed by atoms with E-state index in [4.69, 9.17) is 9.47 Å². The Morgan fingerprint density at radius 2 is 1.62 bits per heavy atom. The summed E-state index contributed by atoms with van der Waals surface area (Å²) in [5.74, 6) is 5.55. The van der Waals surface area contributed by atoms with E-state index < -0.39 is 5.82 Å². The number of ether oxygens (including phenoxy) is 2. The van der Waals surface area contributed by atoms with Gasteiger partial charge in [0, 0.05) is 11.1 Å². The van der Waals surface area contributed by atoms with Crippen molar-refractivity contribution in [3.8, 4) is 17.6 Å². The van der Waals surface area contributed by atoms with Crippen LogP contribution in [0.5, 0.6) is 5.75 Å². The van der Waals surface area contributed by atoms with E-state index >= 15 is 0 Å². The Morgan fingerprint density at radius 3 is 2.34 bits per heavy atom. The van der Waals surface area contributed by atoms with Crippen LogP contribution in [0.2, 0.25) is 0 Å². The molecule has 3 nitrogen and oxygen atoms in total. The molecule has 29 heavy (non-hydrogen) atoms. The minimum Gasteiger partial charge on any atom is -0.491 e. The minimum atomic E-state index is -0.401. The molecule has 4 heteroatoms. The fraction of sp³-hybridized carbons (Fsp3) is 0.240. The number of carbonyl (C=O) groups is 1. The molecule has 0 saturated carbocycles. The molecule has 0 N–H and O–H groups in total. The summed E-state index contributed by atoms with van der Waals surface area (Å²) < 4.78 is 24.4. The number of esters is 1. The predicted molar refractivity (Wildman–Crippen MR) is 113 cm³/mol. The lowest BCUT2D eigenvalue weighted by Crippen LogP contribution is -2.00. The zero-order valence-electron chi connectivity index (χ0n) is 16.6. The molecule has 3 rings (SSSR count). The summed E-state index contributed by atoms with van der Waals surface area (Å²) in [5, 5.41) is 1.89. The first-order chi connectivity index (χ1) is 14.1. The third kappa shape index (κ3) is 5.36. The van der Waals surface area contributed by atoms with Crippen molar-refractivity contribution in [3.05, 3.63) is 77.1 Å². The Hall–Kier alpha value is -3.32. The molecule has 0 aromatic heterocycles. The van der Waals surface area contributed by atoms with Crippen molar-refractivity contribution < 1.29 is 18.7 Å². The monoisotopic (exact) mass is 390 g/mol. The number of methoxy groups -OCH3 is 1. The summed E-state index contributed by atoms with van der Waals surface area (Å²) in [7, 11) is 1.36. The molecule has 0 heterocycles. The fourth-order valence-electron chi connectivity index (χ4n) is 2.94. The average Bonchev–Trinajstić information content (AvgIpc) is 2.75. The number of hydrogen-bond donors (Lipinski definition) is 0. The Kier molecular flexibility index (Phi) is 6.86. The van der Waals surface area contributed by atoms with Crippen molar-refractivity contribution in [2.45, 2.75) is 26.2 Å². The quantitative estimate of drug-likeness (QED) is 0.306. The van der Waals surface area contributed by atoms with Gasteiger partial charge in [0.05, 0.1) is 19.3 Å². The SMILES string of the molecule is CCCCCOc1ccc(C#Cc2ccc3cc(C(=O)OC)ccc3c2)cc1F. The molecule has 0 unspecified atom stereocenters. The van der Waals surface area contributed by atoms with E-state index in [-0.39, 0.29) is 11.7 Å². The summed E-state index contributed by atoms with van der Waals surface area (Å²) in [5.41, 5.74) is 1.90.